The Bertz CT molecular complexity index is 1490. The van der Waals surface area contributed by atoms with Gasteiger partial charge in [0.15, 0.2) is 15.7 Å². The molecule has 3 aromatic rings. The molecule has 5 rings (SSSR count). The molecular formula is C27H27F2N3O4S. The number of hydrogen-bond acceptors (Lipinski definition) is 7. The third-order valence-electron chi connectivity index (χ3n) is 7.28. The fourth-order valence-electron chi connectivity index (χ4n) is 4.90. The van der Waals surface area contributed by atoms with Gasteiger partial charge in [0.1, 0.15) is 27.7 Å². The van der Waals surface area contributed by atoms with Crippen molar-refractivity contribution in [2.24, 2.45) is 10.7 Å². The highest BCUT2D eigenvalue weighted by Gasteiger charge is 2.61. The Morgan fingerprint density at radius 2 is 1.81 bits per heavy atom. The van der Waals surface area contributed by atoms with Gasteiger partial charge in [0.05, 0.1) is 18.0 Å². The largest absolute Gasteiger partial charge is 0.436 e. The van der Waals surface area contributed by atoms with E-state index in [-0.39, 0.29) is 36.1 Å². The average Bonchev–Trinajstić information content (AvgIpc) is 2.86. The molecule has 7 nitrogen and oxygen atoms in total. The molecule has 1 saturated heterocycles. The van der Waals surface area contributed by atoms with Crippen molar-refractivity contribution in [1.82, 2.24) is 4.98 Å². The number of hydrogen-bond donors (Lipinski definition) is 1. The molecule has 2 aliphatic rings. The lowest BCUT2D eigenvalue weighted by atomic mass is 9.81. The van der Waals surface area contributed by atoms with Crippen LogP contribution in [0.4, 0.5) is 8.78 Å². The number of nitrogens with two attached hydrogens (primary N) is 1. The number of fused-ring (bicyclic) bond motifs is 1. The van der Waals surface area contributed by atoms with E-state index in [2.05, 4.69) is 9.98 Å². The summed E-state index contributed by atoms with van der Waals surface area (Å²) in [4.78, 5) is 8.49. The summed E-state index contributed by atoms with van der Waals surface area (Å²) in [5.41, 5.74) is 6.37. The number of benzene rings is 2. The van der Waals surface area contributed by atoms with E-state index >= 15 is 4.39 Å². The highest BCUT2D eigenvalue weighted by atomic mass is 32.2. The van der Waals surface area contributed by atoms with E-state index in [4.69, 9.17) is 15.2 Å². The molecule has 0 bridgehead atoms. The zero-order valence-electron chi connectivity index (χ0n) is 20.6. The van der Waals surface area contributed by atoms with E-state index in [1.54, 1.807) is 0 Å². The Labute approximate surface area is 214 Å². The Kier molecular flexibility index (Phi) is 6.07. The van der Waals surface area contributed by atoms with Gasteiger partial charge in [-0.2, -0.15) is 0 Å². The number of amidine groups is 1. The zero-order chi connectivity index (χ0) is 26.6. The minimum Gasteiger partial charge on any atom is -0.436 e. The molecule has 37 heavy (non-hydrogen) atoms. The normalized spacial score (nSPS) is 26.1. The lowest BCUT2D eigenvalue weighted by Crippen LogP contribution is -2.64. The van der Waals surface area contributed by atoms with Crippen LogP contribution in [-0.2, 0) is 20.1 Å². The number of ether oxygens (including phenoxy) is 2. The van der Waals surface area contributed by atoms with Crippen molar-refractivity contribution in [2.75, 3.05) is 6.61 Å². The summed E-state index contributed by atoms with van der Waals surface area (Å²) >= 11 is 0. The van der Waals surface area contributed by atoms with Crippen molar-refractivity contribution in [1.29, 1.82) is 0 Å². The third kappa shape index (κ3) is 4.08. The standard InChI is InChI=1S/C27H27F2N3O4S/c1-16-6-8-17(9-7-16)22-14-23-27(15-35-22,32-25(30)26(2,3)37(23,33)34)19-13-18(10-11-20(19)28)36-24-21(29)5-4-12-31-24/h4-13,22-23H,14-15H2,1-3H3,(H2,30,32)/t22-,23-,27-/m1/s1. The third-order valence-corrected chi connectivity index (χ3v) is 10.2. The summed E-state index contributed by atoms with van der Waals surface area (Å²) in [6.45, 7) is 4.73. The molecule has 194 valence electrons. The first-order chi connectivity index (χ1) is 17.5. The van der Waals surface area contributed by atoms with E-state index < -0.39 is 43.1 Å². The van der Waals surface area contributed by atoms with Crippen LogP contribution in [0, 0.1) is 18.6 Å². The fraction of sp³-hybridized carbons (Fsp3) is 0.333. The predicted octanol–water partition coefficient (Wildman–Crippen LogP) is 4.75. The van der Waals surface area contributed by atoms with E-state index in [9.17, 15) is 12.8 Å². The molecule has 2 aromatic carbocycles. The smallest absolute Gasteiger partial charge is 0.255 e. The Morgan fingerprint density at radius 1 is 1.08 bits per heavy atom. The molecule has 3 heterocycles. The van der Waals surface area contributed by atoms with Gasteiger partial charge in [-0.25, -0.2) is 22.2 Å². The first kappa shape index (κ1) is 25.3. The quantitative estimate of drug-likeness (QED) is 0.525. The topological polar surface area (TPSA) is 104 Å². The summed E-state index contributed by atoms with van der Waals surface area (Å²) in [5.74, 6) is -1.77. The van der Waals surface area contributed by atoms with Gasteiger partial charge in [0.25, 0.3) is 5.88 Å². The Balaban J connectivity index is 1.63. The number of rotatable bonds is 4. The van der Waals surface area contributed by atoms with Crippen LogP contribution in [0.1, 0.15) is 43.1 Å². The summed E-state index contributed by atoms with van der Waals surface area (Å²) in [5, 5.41) is -1.14. The highest BCUT2D eigenvalue weighted by Crippen LogP contribution is 2.51. The first-order valence-electron chi connectivity index (χ1n) is 11.8. The van der Waals surface area contributed by atoms with Gasteiger partial charge in [-0.1, -0.05) is 29.8 Å². The van der Waals surface area contributed by atoms with Gasteiger partial charge in [0.2, 0.25) is 0 Å². The summed E-state index contributed by atoms with van der Waals surface area (Å²) in [6, 6.07) is 14.0. The Morgan fingerprint density at radius 3 is 2.51 bits per heavy atom. The van der Waals surface area contributed by atoms with Crippen LogP contribution in [-0.4, -0.2) is 35.8 Å². The Hall–Kier alpha value is -3.37. The van der Waals surface area contributed by atoms with Crippen molar-refractivity contribution in [3.8, 4) is 11.6 Å². The number of aryl methyl sites for hydroxylation is 1. The van der Waals surface area contributed by atoms with Gasteiger partial charge >= 0.3 is 0 Å². The van der Waals surface area contributed by atoms with Crippen LogP contribution >= 0.6 is 0 Å². The maximum Gasteiger partial charge on any atom is 0.255 e. The molecule has 2 aliphatic heterocycles. The van der Waals surface area contributed by atoms with E-state index in [1.807, 2.05) is 31.2 Å². The maximum atomic E-state index is 15.5. The van der Waals surface area contributed by atoms with Gasteiger partial charge in [0, 0.05) is 11.8 Å². The molecule has 0 saturated carbocycles. The van der Waals surface area contributed by atoms with Crippen molar-refractivity contribution in [3.63, 3.8) is 0 Å². The highest BCUT2D eigenvalue weighted by molar-refractivity contribution is 7.94. The summed E-state index contributed by atoms with van der Waals surface area (Å²) in [7, 11) is -3.98. The van der Waals surface area contributed by atoms with E-state index in [0.717, 1.165) is 17.2 Å². The number of nitrogens with zero attached hydrogens (tertiary/aromatic N) is 2. The van der Waals surface area contributed by atoms with Gasteiger partial charge in [-0.05, 0) is 63.1 Å². The number of sulfone groups is 1. The van der Waals surface area contributed by atoms with Crippen LogP contribution in [0.5, 0.6) is 11.6 Å². The molecule has 0 amide bonds. The van der Waals surface area contributed by atoms with Gasteiger partial charge < -0.3 is 15.2 Å². The second-order valence-electron chi connectivity index (χ2n) is 9.95. The second kappa shape index (κ2) is 8.88. The molecule has 0 unspecified atom stereocenters. The van der Waals surface area contributed by atoms with Crippen molar-refractivity contribution in [3.05, 3.63) is 89.1 Å². The van der Waals surface area contributed by atoms with Crippen LogP contribution in [0.25, 0.3) is 0 Å². The lowest BCUT2D eigenvalue weighted by molar-refractivity contribution is -0.0298. The van der Waals surface area contributed by atoms with Crippen molar-refractivity contribution in [2.45, 2.75) is 48.8 Å². The SMILES string of the molecule is Cc1ccc([C@H]2C[C@@H]3[C@](c4cc(Oc5ncccc5F)ccc4F)(CO2)N=C(N)C(C)(C)S3(=O)=O)cc1. The minimum atomic E-state index is -3.98. The maximum absolute atomic E-state index is 15.5. The first-order valence-corrected chi connectivity index (χ1v) is 13.4. The molecule has 0 radical (unpaired) electrons. The van der Waals surface area contributed by atoms with Crippen LogP contribution in [0.3, 0.4) is 0 Å². The van der Waals surface area contributed by atoms with Gasteiger partial charge in [-0.15, -0.1) is 0 Å². The molecular weight excluding hydrogens is 500 g/mol. The molecule has 1 fully saturated rings. The monoisotopic (exact) mass is 527 g/mol. The number of pyridine rings is 1. The van der Waals surface area contributed by atoms with Crippen LogP contribution in [0.15, 0.2) is 65.8 Å². The van der Waals surface area contributed by atoms with E-state index in [0.29, 0.717) is 0 Å². The van der Waals surface area contributed by atoms with Crippen LogP contribution in [0.2, 0.25) is 0 Å². The second-order valence-corrected chi connectivity index (χ2v) is 12.6. The van der Waals surface area contributed by atoms with Crippen LogP contribution < -0.4 is 10.5 Å². The fourth-order valence-corrected chi connectivity index (χ4v) is 7.14. The summed E-state index contributed by atoms with van der Waals surface area (Å²) in [6.07, 6.45) is 0.868. The summed E-state index contributed by atoms with van der Waals surface area (Å²) < 4.78 is 67.9. The molecule has 0 aliphatic carbocycles. The van der Waals surface area contributed by atoms with Gasteiger partial charge in [-0.3, -0.25) is 4.99 Å². The zero-order valence-corrected chi connectivity index (χ0v) is 21.4. The molecule has 0 spiro atoms. The van der Waals surface area contributed by atoms with E-state index in [1.165, 1.54) is 44.3 Å². The number of aromatic nitrogens is 1. The number of halogens is 2. The molecule has 3 atom stereocenters. The molecule has 2 N–H and O–H groups in total. The van der Waals surface area contributed by atoms with Crippen molar-refractivity contribution < 1.29 is 26.7 Å². The lowest BCUT2D eigenvalue weighted by Gasteiger charge is -2.49. The molecule has 1 aromatic heterocycles. The minimum absolute atomic E-state index is 0.0466. The van der Waals surface area contributed by atoms with Crippen molar-refractivity contribution >= 4 is 15.7 Å². The predicted molar refractivity (Wildman–Crippen MR) is 135 cm³/mol. The average molecular weight is 528 g/mol. The number of aliphatic imine (C=N–C) groups is 1. The molecule has 10 heteroatoms.